The quantitative estimate of drug-likeness (QED) is 0.599. The first-order chi connectivity index (χ1) is 4.61. The van der Waals surface area contributed by atoms with Crippen LogP contribution in [-0.2, 0) is 4.79 Å². The van der Waals surface area contributed by atoms with Crippen LogP contribution >= 0.6 is 12.4 Å². The lowest BCUT2D eigenvalue weighted by Gasteiger charge is -2.05. The molecular formula is C6H12ClFN2O. The summed E-state index contributed by atoms with van der Waals surface area (Å²) in [5.74, 6) is -0.466. The van der Waals surface area contributed by atoms with Gasteiger partial charge in [-0.3, -0.25) is 4.79 Å². The van der Waals surface area contributed by atoms with Gasteiger partial charge >= 0.3 is 0 Å². The minimum Gasteiger partial charge on any atom is -0.368 e. The van der Waals surface area contributed by atoms with Crippen molar-refractivity contribution in [2.24, 2.45) is 5.73 Å². The van der Waals surface area contributed by atoms with E-state index in [1.54, 1.807) is 6.92 Å². The molecular weight excluding hydrogens is 171 g/mol. The predicted molar refractivity (Wildman–Crippen MR) is 42.3 cm³/mol. The van der Waals surface area contributed by atoms with Crippen molar-refractivity contribution >= 4 is 18.3 Å². The Labute approximate surface area is 70.9 Å². The molecule has 3 atom stereocenters. The number of carbonyl (C=O) groups is 1. The fourth-order valence-electron chi connectivity index (χ4n) is 1.12. The molecule has 5 heteroatoms. The molecule has 0 aromatic carbocycles. The molecule has 1 rings (SSSR count). The molecule has 0 bridgehead atoms. The smallest absolute Gasteiger partial charge is 0.234 e. The topological polar surface area (TPSA) is 55.1 Å². The summed E-state index contributed by atoms with van der Waals surface area (Å²) in [5.41, 5.74) is 4.95. The monoisotopic (exact) mass is 182 g/mol. The fourth-order valence-corrected chi connectivity index (χ4v) is 1.12. The zero-order valence-electron chi connectivity index (χ0n) is 6.21. The fraction of sp³-hybridized carbons (Fsp3) is 0.833. The molecule has 3 nitrogen and oxygen atoms in total. The van der Waals surface area contributed by atoms with Gasteiger partial charge in [0.05, 0.1) is 6.04 Å². The van der Waals surface area contributed by atoms with E-state index in [-0.39, 0.29) is 24.9 Å². The van der Waals surface area contributed by atoms with Crippen molar-refractivity contribution in [3.05, 3.63) is 0 Å². The number of hydrogen-bond acceptors (Lipinski definition) is 2. The largest absolute Gasteiger partial charge is 0.368 e. The molecule has 66 valence electrons. The summed E-state index contributed by atoms with van der Waals surface area (Å²) >= 11 is 0. The van der Waals surface area contributed by atoms with Crippen LogP contribution in [0.1, 0.15) is 13.3 Å². The summed E-state index contributed by atoms with van der Waals surface area (Å²) < 4.78 is 12.7. The van der Waals surface area contributed by atoms with Crippen molar-refractivity contribution in [1.29, 1.82) is 0 Å². The number of hydrogen-bond donors (Lipinski definition) is 2. The summed E-state index contributed by atoms with van der Waals surface area (Å²) in [6, 6.07) is -0.706. The van der Waals surface area contributed by atoms with Crippen molar-refractivity contribution in [3.8, 4) is 0 Å². The minimum atomic E-state index is -0.933. The van der Waals surface area contributed by atoms with Gasteiger partial charge in [-0.25, -0.2) is 4.39 Å². The Morgan fingerprint density at radius 2 is 2.27 bits per heavy atom. The van der Waals surface area contributed by atoms with E-state index >= 15 is 0 Å². The van der Waals surface area contributed by atoms with Crippen LogP contribution in [0.3, 0.4) is 0 Å². The molecule has 0 aliphatic carbocycles. The van der Waals surface area contributed by atoms with Crippen LogP contribution in [0.25, 0.3) is 0 Å². The molecule has 0 unspecified atom stereocenters. The third-order valence-corrected chi connectivity index (χ3v) is 1.81. The Hall–Kier alpha value is -0.350. The van der Waals surface area contributed by atoms with E-state index in [1.807, 2.05) is 0 Å². The molecule has 0 spiro atoms. The normalized spacial score (nSPS) is 36.4. The summed E-state index contributed by atoms with van der Waals surface area (Å²) in [6.07, 6.45) is -0.714. The van der Waals surface area contributed by atoms with E-state index in [2.05, 4.69) is 5.32 Å². The lowest BCUT2D eigenvalue weighted by atomic mass is 10.2. The summed E-state index contributed by atoms with van der Waals surface area (Å²) in [7, 11) is 0. The molecule has 0 aromatic rings. The maximum absolute atomic E-state index is 12.7. The van der Waals surface area contributed by atoms with Crippen LogP contribution in [0.2, 0.25) is 0 Å². The summed E-state index contributed by atoms with van der Waals surface area (Å²) in [5, 5.41) is 2.75. The van der Waals surface area contributed by atoms with E-state index in [0.717, 1.165) is 0 Å². The molecule has 1 heterocycles. The van der Waals surface area contributed by atoms with Crippen LogP contribution in [0.5, 0.6) is 0 Å². The van der Waals surface area contributed by atoms with Gasteiger partial charge in [-0.15, -0.1) is 12.4 Å². The molecule has 1 fully saturated rings. The average Bonchev–Trinajstić information content (AvgIpc) is 2.13. The van der Waals surface area contributed by atoms with Crippen molar-refractivity contribution in [2.75, 3.05) is 0 Å². The average molecular weight is 183 g/mol. The van der Waals surface area contributed by atoms with Crippen molar-refractivity contribution in [2.45, 2.75) is 31.6 Å². The van der Waals surface area contributed by atoms with Gasteiger partial charge in [0.15, 0.2) is 0 Å². The predicted octanol–water partition coefficient (Wildman–Crippen LogP) is -0.0180. The molecule has 1 amide bonds. The van der Waals surface area contributed by atoms with E-state index < -0.39 is 18.1 Å². The van der Waals surface area contributed by atoms with E-state index in [9.17, 15) is 9.18 Å². The van der Waals surface area contributed by atoms with Crippen molar-refractivity contribution < 1.29 is 9.18 Å². The van der Waals surface area contributed by atoms with Crippen LogP contribution in [0, 0.1) is 0 Å². The van der Waals surface area contributed by atoms with Crippen LogP contribution in [0.15, 0.2) is 0 Å². The van der Waals surface area contributed by atoms with E-state index in [4.69, 9.17) is 5.73 Å². The Morgan fingerprint density at radius 1 is 1.73 bits per heavy atom. The number of nitrogens with two attached hydrogens (primary N) is 1. The standard InChI is InChI=1S/C6H11FN2O.ClH/c1-3-4(7)2-5(9-3)6(8)10;/h3-5,9H,2H2,1H3,(H2,8,10);1H/t3-,4+,5-;/m0./s1. The number of halogens is 2. The second kappa shape index (κ2) is 3.88. The molecule has 1 aliphatic heterocycles. The molecule has 1 aliphatic rings. The number of primary amides is 1. The lowest BCUT2D eigenvalue weighted by Crippen LogP contribution is -2.38. The van der Waals surface area contributed by atoms with Gasteiger partial charge in [0.2, 0.25) is 5.91 Å². The first kappa shape index (κ1) is 10.7. The van der Waals surface area contributed by atoms with E-state index in [1.165, 1.54) is 0 Å². The van der Waals surface area contributed by atoms with Crippen molar-refractivity contribution in [3.63, 3.8) is 0 Å². The van der Waals surface area contributed by atoms with Gasteiger partial charge in [-0.2, -0.15) is 0 Å². The van der Waals surface area contributed by atoms with Gasteiger partial charge in [-0.1, -0.05) is 0 Å². The zero-order chi connectivity index (χ0) is 7.72. The molecule has 3 N–H and O–H groups in total. The molecule has 0 radical (unpaired) electrons. The van der Waals surface area contributed by atoms with Gasteiger partial charge < -0.3 is 11.1 Å². The second-order valence-electron chi connectivity index (χ2n) is 2.66. The number of alkyl halides is 1. The highest BCUT2D eigenvalue weighted by atomic mass is 35.5. The zero-order valence-corrected chi connectivity index (χ0v) is 7.03. The van der Waals surface area contributed by atoms with Crippen LogP contribution in [0.4, 0.5) is 4.39 Å². The molecule has 1 saturated heterocycles. The van der Waals surface area contributed by atoms with Crippen LogP contribution < -0.4 is 11.1 Å². The number of nitrogens with one attached hydrogen (secondary N) is 1. The highest BCUT2D eigenvalue weighted by Gasteiger charge is 2.33. The summed E-state index contributed by atoms with van der Waals surface area (Å²) in [4.78, 5) is 10.5. The maximum Gasteiger partial charge on any atom is 0.234 e. The third kappa shape index (κ3) is 2.31. The van der Waals surface area contributed by atoms with Gasteiger partial charge in [0, 0.05) is 12.5 Å². The highest BCUT2D eigenvalue weighted by molar-refractivity contribution is 5.85. The Balaban J connectivity index is 0.000001000. The van der Waals surface area contributed by atoms with E-state index in [0.29, 0.717) is 0 Å². The van der Waals surface area contributed by atoms with Crippen LogP contribution in [-0.4, -0.2) is 24.2 Å². The Kier molecular flexibility index (Phi) is 3.75. The van der Waals surface area contributed by atoms with Gasteiger partial charge in [0.25, 0.3) is 0 Å². The second-order valence-corrected chi connectivity index (χ2v) is 2.66. The van der Waals surface area contributed by atoms with Gasteiger partial charge in [-0.05, 0) is 6.92 Å². The molecule has 11 heavy (non-hydrogen) atoms. The number of amides is 1. The third-order valence-electron chi connectivity index (χ3n) is 1.81. The first-order valence-electron chi connectivity index (χ1n) is 3.30. The molecule has 0 saturated carbocycles. The highest BCUT2D eigenvalue weighted by Crippen LogP contribution is 2.15. The SMILES string of the molecule is C[C@@H]1N[C@H](C(N)=O)C[C@H]1F.Cl. The number of carbonyl (C=O) groups excluding carboxylic acids is 1. The number of rotatable bonds is 1. The van der Waals surface area contributed by atoms with Gasteiger partial charge in [0.1, 0.15) is 6.17 Å². The Bertz CT molecular complexity index is 146. The molecule has 0 aromatic heterocycles. The Morgan fingerprint density at radius 3 is 2.45 bits per heavy atom. The van der Waals surface area contributed by atoms with Crippen molar-refractivity contribution in [1.82, 2.24) is 5.32 Å². The lowest BCUT2D eigenvalue weighted by molar-refractivity contribution is -0.119. The summed E-state index contributed by atoms with van der Waals surface area (Å²) in [6.45, 7) is 1.70. The maximum atomic E-state index is 12.7. The first-order valence-corrected chi connectivity index (χ1v) is 3.30. The minimum absolute atomic E-state index is 0.